The van der Waals surface area contributed by atoms with Gasteiger partial charge < -0.3 is 10.2 Å². The Morgan fingerprint density at radius 1 is 1.04 bits per heavy atom. The van der Waals surface area contributed by atoms with Gasteiger partial charge in [-0.3, -0.25) is 0 Å². The van der Waals surface area contributed by atoms with Crippen LogP contribution in [0.5, 0.6) is 0 Å². The second-order valence-corrected chi connectivity index (χ2v) is 7.30. The maximum Gasteiger partial charge on any atom is 0.317 e. The molecule has 28 heavy (non-hydrogen) atoms. The second-order valence-electron chi connectivity index (χ2n) is 7.30. The van der Waals surface area contributed by atoms with Crippen molar-refractivity contribution in [2.24, 2.45) is 0 Å². The number of hydrogen-bond acceptors (Lipinski definition) is 2. The Balaban J connectivity index is 1.36. The van der Waals surface area contributed by atoms with Crippen LogP contribution in [0.1, 0.15) is 35.4 Å². The topological polar surface area (TPSA) is 56.1 Å². The molecule has 1 aliphatic heterocycles. The van der Waals surface area contributed by atoms with Crippen molar-refractivity contribution < 1.29 is 4.79 Å². The first kappa shape index (κ1) is 18.1. The van der Waals surface area contributed by atoms with E-state index < -0.39 is 0 Å². The Hall–Kier alpha value is -3.32. The van der Waals surface area contributed by atoms with Crippen molar-refractivity contribution in [3.8, 4) is 6.07 Å². The molecule has 3 aromatic rings. The first-order valence-corrected chi connectivity index (χ1v) is 9.74. The first-order chi connectivity index (χ1) is 13.7. The van der Waals surface area contributed by atoms with Crippen molar-refractivity contribution in [2.75, 3.05) is 13.1 Å². The van der Waals surface area contributed by atoms with Gasteiger partial charge in [-0.2, -0.15) is 5.26 Å². The molecule has 0 aromatic heterocycles. The van der Waals surface area contributed by atoms with Crippen molar-refractivity contribution in [1.82, 2.24) is 10.2 Å². The minimum atomic E-state index is -0.0290. The maximum atomic E-state index is 12.5. The summed E-state index contributed by atoms with van der Waals surface area (Å²) in [5, 5.41) is 14.6. The van der Waals surface area contributed by atoms with Gasteiger partial charge in [-0.05, 0) is 52.8 Å². The summed E-state index contributed by atoms with van der Waals surface area (Å²) in [6.45, 7) is 1.97. The van der Waals surface area contributed by atoms with Gasteiger partial charge in [-0.25, -0.2) is 4.79 Å². The minimum Gasteiger partial charge on any atom is -0.334 e. The molecule has 1 aliphatic rings. The van der Waals surface area contributed by atoms with Crippen molar-refractivity contribution in [3.63, 3.8) is 0 Å². The molecule has 0 spiro atoms. The smallest absolute Gasteiger partial charge is 0.317 e. The monoisotopic (exact) mass is 369 g/mol. The van der Waals surface area contributed by atoms with E-state index in [-0.39, 0.29) is 6.03 Å². The fraction of sp³-hybridized carbons (Fsp3) is 0.250. The highest BCUT2D eigenvalue weighted by Gasteiger charge is 2.24. The molecule has 140 valence electrons. The molecule has 0 bridgehead atoms. The number of fused-ring (bicyclic) bond motifs is 1. The Labute approximate surface area is 165 Å². The fourth-order valence-corrected chi connectivity index (χ4v) is 4.04. The number of carbonyl (C=O) groups excluding carboxylic acids is 1. The lowest BCUT2D eigenvalue weighted by Crippen LogP contribution is -2.43. The minimum absolute atomic E-state index is 0.0290. The third kappa shape index (κ3) is 3.84. The van der Waals surface area contributed by atoms with E-state index in [4.69, 9.17) is 5.26 Å². The summed E-state index contributed by atoms with van der Waals surface area (Å²) in [4.78, 5) is 14.4. The number of amides is 2. The molecule has 2 amide bonds. The van der Waals surface area contributed by atoms with Crippen molar-refractivity contribution in [1.29, 1.82) is 5.26 Å². The van der Waals surface area contributed by atoms with E-state index >= 15 is 0 Å². The SMILES string of the molecule is N#Cc1cccc(CNC(=O)N2CCC(c3cccc4ccccc34)CC2)c1. The number of piperidine rings is 1. The Kier molecular flexibility index (Phi) is 5.25. The van der Waals surface area contributed by atoms with Gasteiger partial charge >= 0.3 is 6.03 Å². The van der Waals surface area contributed by atoms with E-state index in [9.17, 15) is 4.79 Å². The molecule has 0 unspecified atom stereocenters. The summed E-state index contributed by atoms with van der Waals surface area (Å²) in [7, 11) is 0. The lowest BCUT2D eigenvalue weighted by atomic mass is 9.86. The number of rotatable bonds is 3. The zero-order valence-corrected chi connectivity index (χ0v) is 15.8. The molecular weight excluding hydrogens is 346 g/mol. The van der Waals surface area contributed by atoms with Crippen molar-refractivity contribution in [2.45, 2.75) is 25.3 Å². The molecule has 1 saturated heterocycles. The Morgan fingerprint density at radius 2 is 1.79 bits per heavy atom. The van der Waals surface area contributed by atoms with Gasteiger partial charge in [0.2, 0.25) is 0 Å². The van der Waals surface area contributed by atoms with Crippen LogP contribution in [0.3, 0.4) is 0 Å². The average Bonchev–Trinajstić information content (AvgIpc) is 2.77. The van der Waals surface area contributed by atoms with Crippen LogP contribution < -0.4 is 5.32 Å². The van der Waals surface area contributed by atoms with Crippen LogP contribution in [0.15, 0.2) is 66.7 Å². The molecule has 4 rings (SSSR count). The lowest BCUT2D eigenvalue weighted by Gasteiger charge is -2.32. The Morgan fingerprint density at radius 3 is 2.61 bits per heavy atom. The van der Waals surface area contributed by atoms with Gasteiger partial charge in [-0.1, -0.05) is 54.6 Å². The van der Waals surface area contributed by atoms with Gasteiger partial charge in [0.25, 0.3) is 0 Å². The number of benzene rings is 3. The van der Waals surface area contributed by atoms with Crippen LogP contribution in [-0.4, -0.2) is 24.0 Å². The molecule has 1 heterocycles. The fourth-order valence-electron chi connectivity index (χ4n) is 4.04. The van der Waals surface area contributed by atoms with E-state index in [2.05, 4.69) is 53.9 Å². The number of nitrogens with one attached hydrogen (secondary N) is 1. The Bertz CT molecular complexity index is 1020. The van der Waals surface area contributed by atoms with Crippen molar-refractivity contribution >= 4 is 16.8 Å². The number of carbonyl (C=O) groups is 1. The third-order valence-electron chi connectivity index (χ3n) is 5.55. The third-order valence-corrected chi connectivity index (χ3v) is 5.55. The largest absolute Gasteiger partial charge is 0.334 e. The lowest BCUT2D eigenvalue weighted by molar-refractivity contribution is 0.181. The summed E-state index contributed by atoms with van der Waals surface area (Å²) in [6.07, 6.45) is 1.96. The number of nitrogens with zero attached hydrogens (tertiary/aromatic N) is 2. The van der Waals surface area contributed by atoms with Crippen LogP contribution in [-0.2, 0) is 6.54 Å². The highest BCUT2D eigenvalue weighted by Crippen LogP contribution is 2.33. The number of nitriles is 1. The standard InChI is InChI=1S/C24H23N3O/c25-16-18-5-3-6-19(15-18)17-26-24(28)27-13-11-21(12-14-27)23-10-4-8-20-7-1-2-9-22(20)23/h1-10,15,21H,11-14,17H2,(H,26,28). The van der Waals surface area contributed by atoms with Crippen molar-refractivity contribution in [3.05, 3.63) is 83.4 Å². The maximum absolute atomic E-state index is 12.5. The molecule has 0 saturated carbocycles. The van der Waals surface area contributed by atoms with Crippen LogP contribution in [0.25, 0.3) is 10.8 Å². The molecule has 4 heteroatoms. The van der Waals surface area contributed by atoms with Crippen LogP contribution >= 0.6 is 0 Å². The van der Waals surface area contributed by atoms with Crippen LogP contribution in [0.2, 0.25) is 0 Å². The quantitative estimate of drug-likeness (QED) is 0.721. The molecule has 0 radical (unpaired) electrons. The highest BCUT2D eigenvalue weighted by atomic mass is 16.2. The predicted octanol–water partition coefficient (Wildman–Crippen LogP) is 4.80. The van der Waals surface area contributed by atoms with E-state index in [0.717, 1.165) is 31.5 Å². The summed E-state index contributed by atoms with van der Waals surface area (Å²) < 4.78 is 0. The summed E-state index contributed by atoms with van der Waals surface area (Å²) in [5.74, 6) is 0.488. The summed E-state index contributed by atoms with van der Waals surface area (Å²) >= 11 is 0. The van der Waals surface area contributed by atoms with Gasteiger partial charge in [0.05, 0.1) is 11.6 Å². The van der Waals surface area contributed by atoms with Crippen LogP contribution in [0, 0.1) is 11.3 Å². The van der Waals surface area contributed by atoms with E-state index in [1.807, 2.05) is 23.1 Å². The van der Waals surface area contributed by atoms with E-state index in [1.54, 1.807) is 6.07 Å². The number of hydrogen-bond donors (Lipinski definition) is 1. The molecule has 4 nitrogen and oxygen atoms in total. The number of likely N-dealkylation sites (tertiary alicyclic amines) is 1. The zero-order chi connectivity index (χ0) is 19.3. The van der Waals surface area contributed by atoms with Gasteiger partial charge in [-0.15, -0.1) is 0 Å². The van der Waals surface area contributed by atoms with Gasteiger partial charge in [0.1, 0.15) is 0 Å². The molecule has 1 N–H and O–H groups in total. The molecule has 1 fully saturated rings. The van der Waals surface area contributed by atoms with E-state index in [0.29, 0.717) is 18.0 Å². The van der Waals surface area contributed by atoms with Crippen LogP contribution in [0.4, 0.5) is 4.79 Å². The second kappa shape index (κ2) is 8.14. The average molecular weight is 369 g/mol. The highest BCUT2D eigenvalue weighted by molar-refractivity contribution is 5.86. The number of urea groups is 1. The molecule has 0 atom stereocenters. The first-order valence-electron chi connectivity index (χ1n) is 9.74. The normalized spacial score (nSPS) is 14.6. The van der Waals surface area contributed by atoms with Gasteiger partial charge in [0, 0.05) is 19.6 Å². The summed E-state index contributed by atoms with van der Waals surface area (Å²) in [6, 6.07) is 24.5. The molecule has 0 aliphatic carbocycles. The predicted molar refractivity (Wildman–Crippen MR) is 111 cm³/mol. The molecule has 3 aromatic carbocycles. The summed E-state index contributed by atoms with van der Waals surface area (Å²) in [5.41, 5.74) is 2.95. The molecular formula is C24H23N3O. The van der Waals surface area contributed by atoms with Gasteiger partial charge in [0.15, 0.2) is 0 Å². The van der Waals surface area contributed by atoms with E-state index in [1.165, 1.54) is 16.3 Å². The zero-order valence-electron chi connectivity index (χ0n) is 15.8.